The minimum absolute atomic E-state index is 0.174. The molecule has 26 heavy (non-hydrogen) atoms. The lowest BCUT2D eigenvalue weighted by Gasteiger charge is -2.16. The molecule has 3 N–H and O–H groups in total. The van der Waals surface area contributed by atoms with Gasteiger partial charge in [-0.25, -0.2) is 4.79 Å². The van der Waals surface area contributed by atoms with Crippen molar-refractivity contribution >= 4 is 22.6 Å². The van der Waals surface area contributed by atoms with Gasteiger partial charge in [0.1, 0.15) is 0 Å². The van der Waals surface area contributed by atoms with E-state index in [4.69, 9.17) is 0 Å². The fraction of sp³-hybridized carbons (Fsp3) is 0.300. The highest BCUT2D eigenvalue weighted by molar-refractivity contribution is 5.92. The third kappa shape index (κ3) is 3.86. The number of H-pyrrole nitrogens is 1. The van der Waals surface area contributed by atoms with Crippen molar-refractivity contribution < 1.29 is 4.79 Å². The highest BCUT2D eigenvalue weighted by Gasteiger charge is 2.23. The molecule has 6 nitrogen and oxygen atoms in total. The maximum Gasteiger partial charge on any atom is 0.319 e. The summed E-state index contributed by atoms with van der Waals surface area (Å²) < 4.78 is 0. The van der Waals surface area contributed by atoms with Crippen LogP contribution in [0.4, 0.5) is 10.5 Å². The zero-order valence-electron chi connectivity index (χ0n) is 14.6. The van der Waals surface area contributed by atoms with Gasteiger partial charge < -0.3 is 15.5 Å². The van der Waals surface area contributed by atoms with Crippen molar-refractivity contribution in [3.63, 3.8) is 0 Å². The minimum atomic E-state index is -0.174. The molecule has 1 aliphatic rings. The normalized spacial score (nSPS) is 17.5. The molecule has 134 valence electrons. The van der Waals surface area contributed by atoms with Crippen LogP contribution in [0.5, 0.6) is 0 Å². The SMILES string of the molecule is O=C(NCCN1CC[C@H](c2ccccc2)C1)Nc1ccc2[nH]ncc2c1. The number of likely N-dealkylation sites (tertiary alicyclic amines) is 1. The van der Waals surface area contributed by atoms with Crippen molar-refractivity contribution in [2.45, 2.75) is 12.3 Å². The fourth-order valence-electron chi connectivity index (χ4n) is 3.56. The van der Waals surface area contributed by atoms with Gasteiger partial charge in [0.05, 0.1) is 11.7 Å². The van der Waals surface area contributed by atoms with Crippen LogP contribution in [0.2, 0.25) is 0 Å². The molecular weight excluding hydrogens is 326 g/mol. The van der Waals surface area contributed by atoms with Crippen molar-refractivity contribution in [1.82, 2.24) is 20.4 Å². The van der Waals surface area contributed by atoms with Gasteiger partial charge >= 0.3 is 6.03 Å². The highest BCUT2D eigenvalue weighted by atomic mass is 16.2. The van der Waals surface area contributed by atoms with Gasteiger partial charge in [0.25, 0.3) is 0 Å². The maximum absolute atomic E-state index is 12.1. The van der Waals surface area contributed by atoms with Gasteiger partial charge in [-0.2, -0.15) is 5.10 Å². The summed E-state index contributed by atoms with van der Waals surface area (Å²) in [6, 6.07) is 16.2. The van der Waals surface area contributed by atoms with E-state index < -0.39 is 0 Å². The van der Waals surface area contributed by atoms with E-state index >= 15 is 0 Å². The molecule has 0 radical (unpaired) electrons. The molecule has 2 amide bonds. The van der Waals surface area contributed by atoms with Gasteiger partial charge in [-0.15, -0.1) is 0 Å². The second-order valence-corrected chi connectivity index (χ2v) is 6.75. The molecule has 0 aliphatic carbocycles. The van der Waals surface area contributed by atoms with Gasteiger partial charge in [0.2, 0.25) is 0 Å². The number of carbonyl (C=O) groups is 1. The summed E-state index contributed by atoms with van der Waals surface area (Å²) in [7, 11) is 0. The Balaban J connectivity index is 1.21. The molecule has 3 aromatic rings. The molecule has 1 saturated heterocycles. The van der Waals surface area contributed by atoms with Crippen molar-refractivity contribution in [3.8, 4) is 0 Å². The molecule has 0 spiro atoms. The number of nitrogens with zero attached hydrogens (tertiary/aromatic N) is 2. The van der Waals surface area contributed by atoms with E-state index in [1.165, 1.54) is 12.0 Å². The number of carbonyl (C=O) groups excluding carboxylic acids is 1. The lowest BCUT2D eigenvalue weighted by molar-refractivity contribution is 0.249. The Morgan fingerprint density at radius 2 is 2.12 bits per heavy atom. The number of amides is 2. The summed E-state index contributed by atoms with van der Waals surface area (Å²) >= 11 is 0. The Labute approximate surface area is 152 Å². The van der Waals surface area contributed by atoms with E-state index in [-0.39, 0.29) is 6.03 Å². The predicted octanol–water partition coefficient (Wildman–Crippen LogP) is 3.17. The molecule has 6 heteroatoms. The molecule has 1 aromatic heterocycles. The lowest BCUT2D eigenvalue weighted by atomic mass is 9.99. The van der Waals surface area contributed by atoms with E-state index in [0.29, 0.717) is 12.5 Å². The second-order valence-electron chi connectivity index (χ2n) is 6.75. The second kappa shape index (κ2) is 7.58. The molecule has 2 heterocycles. The maximum atomic E-state index is 12.1. The molecule has 4 rings (SSSR count). The number of benzene rings is 2. The van der Waals surface area contributed by atoms with E-state index in [1.807, 2.05) is 18.2 Å². The molecule has 2 aromatic carbocycles. The van der Waals surface area contributed by atoms with Crippen LogP contribution in [0.25, 0.3) is 10.9 Å². The van der Waals surface area contributed by atoms with Gasteiger partial charge in [0.15, 0.2) is 0 Å². The Morgan fingerprint density at radius 1 is 1.23 bits per heavy atom. The summed E-state index contributed by atoms with van der Waals surface area (Å²) in [4.78, 5) is 14.5. The van der Waals surface area contributed by atoms with Gasteiger partial charge in [-0.3, -0.25) is 5.10 Å². The Bertz CT molecular complexity index is 876. The summed E-state index contributed by atoms with van der Waals surface area (Å²) in [5.74, 6) is 0.603. The quantitative estimate of drug-likeness (QED) is 0.662. The fourth-order valence-corrected chi connectivity index (χ4v) is 3.56. The first-order valence-electron chi connectivity index (χ1n) is 9.03. The first-order chi connectivity index (χ1) is 12.8. The molecule has 0 unspecified atom stereocenters. The molecule has 0 bridgehead atoms. The summed E-state index contributed by atoms with van der Waals surface area (Å²) in [5, 5.41) is 13.7. The average molecular weight is 349 g/mol. The number of urea groups is 1. The first-order valence-corrected chi connectivity index (χ1v) is 9.03. The monoisotopic (exact) mass is 349 g/mol. The van der Waals surface area contributed by atoms with Crippen molar-refractivity contribution in [2.75, 3.05) is 31.5 Å². The van der Waals surface area contributed by atoms with Gasteiger partial charge in [-0.05, 0) is 42.6 Å². The number of hydrogen-bond donors (Lipinski definition) is 3. The number of hydrogen-bond acceptors (Lipinski definition) is 3. The lowest BCUT2D eigenvalue weighted by Crippen LogP contribution is -2.36. The Morgan fingerprint density at radius 3 is 3.00 bits per heavy atom. The summed E-state index contributed by atoms with van der Waals surface area (Å²) in [6.07, 6.45) is 2.93. The molecule has 1 atom stereocenters. The van der Waals surface area contributed by atoms with Gasteiger partial charge in [0, 0.05) is 30.7 Å². The zero-order chi connectivity index (χ0) is 17.8. The average Bonchev–Trinajstić information content (AvgIpc) is 3.31. The van der Waals surface area contributed by atoms with Crippen LogP contribution in [0.15, 0.2) is 54.7 Å². The Kier molecular flexibility index (Phi) is 4.84. The number of nitrogens with one attached hydrogen (secondary N) is 3. The number of anilines is 1. The Hall–Kier alpha value is -2.86. The molecule has 0 saturated carbocycles. The smallest absolute Gasteiger partial charge is 0.319 e. The van der Waals surface area contributed by atoms with E-state index in [0.717, 1.165) is 36.2 Å². The van der Waals surface area contributed by atoms with Crippen LogP contribution >= 0.6 is 0 Å². The van der Waals surface area contributed by atoms with Crippen LogP contribution in [-0.2, 0) is 0 Å². The number of aromatic nitrogens is 2. The third-order valence-corrected chi connectivity index (χ3v) is 4.96. The van der Waals surface area contributed by atoms with Crippen LogP contribution in [0.1, 0.15) is 17.9 Å². The van der Waals surface area contributed by atoms with E-state index in [9.17, 15) is 4.79 Å². The van der Waals surface area contributed by atoms with Crippen molar-refractivity contribution in [1.29, 1.82) is 0 Å². The number of rotatable bonds is 5. The minimum Gasteiger partial charge on any atom is -0.337 e. The van der Waals surface area contributed by atoms with E-state index in [1.54, 1.807) is 6.20 Å². The predicted molar refractivity (Wildman–Crippen MR) is 103 cm³/mol. The van der Waals surface area contributed by atoms with Crippen LogP contribution < -0.4 is 10.6 Å². The first kappa shape index (κ1) is 16.6. The van der Waals surface area contributed by atoms with E-state index in [2.05, 4.69) is 56.1 Å². The van der Waals surface area contributed by atoms with Crippen LogP contribution in [0.3, 0.4) is 0 Å². The standard InChI is InChI=1S/C20H23N5O/c26-20(23-18-6-7-19-17(12-18)13-22-24-19)21-9-11-25-10-8-16(14-25)15-4-2-1-3-5-15/h1-7,12-13,16H,8-11,14H2,(H,22,24)(H2,21,23,26)/t16-/m0/s1. The number of aromatic amines is 1. The summed E-state index contributed by atoms with van der Waals surface area (Å²) in [6.45, 7) is 3.66. The number of fused-ring (bicyclic) bond motifs is 1. The molecular formula is C20H23N5O. The van der Waals surface area contributed by atoms with Crippen molar-refractivity contribution in [3.05, 3.63) is 60.3 Å². The summed E-state index contributed by atoms with van der Waals surface area (Å²) in [5.41, 5.74) is 3.13. The van der Waals surface area contributed by atoms with Crippen LogP contribution in [0, 0.1) is 0 Å². The van der Waals surface area contributed by atoms with Crippen molar-refractivity contribution in [2.24, 2.45) is 0 Å². The highest BCUT2D eigenvalue weighted by Crippen LogP contribution is 2.26. The van der Waals surface area contributed by atoms with Crippen LogP contribution in [-0.4, -0.2) is 47.3 Å². The molecule has 1 aliphatic heterocycles. The van der Waals surface area contributed by atoms with Gasteiger partial charge in [-0.1, -0.05) is 30.3 Å². The zero-order valence-corrected chi connectivity index (χ0v) is 14.6. The topological polar surface area (TPSA) is 73.1 Å². The third-order valence-electron chi connectivity index (χ3n) is 4.96. The molecule has 1 fully saturated rings. The largest absolute Gasteiger partial charge is 0.337 e.